The number of aryl methyl sites for hydroxylation is 1. The van der Waals surface area contributed by atoms with Gasteiger partial charge in [0.2, 0.25) is 0 Å². The maximum atomic E-state index is 14.4. The van der Waals surface area contributed by atoms with Crippen LogP contribution in [0.5, 0.6) is 0 Å². The number of morpholine rings is 1. The van der Waals surface area contributed by atoms with E-state index in [1.807, 2.05) is 58.8 Å². The van der Waals surface area contributed by atoms with Crippen molar-refractivity contribution < 1.29 is 9.53 Å². The van der Waals surface area contributed by atoms with Crippen molar-refractivity contribution in [2.75, 3.05) is 44.3 Å². The molecule has 196 valence electrons. The van der Waals surface area contributed by atoms with Crippen LogP contribution < -0.4 is 4.90 Å². The Morgan fingerprint density at radius 1 is 1.05 bits per heavy atom. The van der Waals surface area contributed by atoms with E-state index in [0.717, 1.165) is 81.7 Å². The molecule has 1 aliphatic rings. The van der Waals surface area contributed by atoms with Crippen LogP contribution in [0.15, 0.2) is 66.0 Å². The SMILES string of the molecule is Cc1cccc2sc(N(CCCN3CCOCC3)C(=O)c3cc(-c4cccs4)nc4ccccc34)nc12.Cl. The maximum Gasteiger partial charge on any atom is 0.260 e. The van der Waals surface area contributed by atoms with Crippen molar-refractivity contribution in [2.24, 2.45) is 0 Å². The van der Waals surface area contributed by atoms with Crippen molar-refractivity contribution in [3.8, 4) is 10.6 Å². The van der Waals surface area contributed by atoms with Crippen molar-refractivity contribution in [3.05, 3.63) is 77.2 Å². The quantitative estimate of drug-likeness (QED) is 0.221. The third kappa shape index (κ3) is 5.46. The molecule has 0 saturated carbocycles. The molecule has 0 spiro atoms. The summed E-state index contributed by atoms with van der Waals surface area (Å²) in [5.74, 6) is -0.0323. The summed E-state index contributed by atoms with van der Waals surface area (Å²) in [6, 6.07) is 20.1. The molecule has 0 atom stereocenters. The number of fused-ring (bicyclic) bond motifs is 2. The number of nitrogens with zero attached hydrogens (tertiary/aromatic N) is 4. The number of anilines is 1. The highest BCUT2D eigenvalue weighted by Gasteiger charge is 2.25. The van der Waals surface area contributed by atoms with Crippen molar-refractivity contribution in [2.45, 2.75) is 13.3 Å². The second-order valence-corrected chi connectivity index (χ2v) is 11.2. The van der Waals surface area contributed by atoms with Crippen LogP contribution in [0.3, 0.4) is 0 Å². The molecule has 1 aliphatic heterocycles. The van der Waals surface area contributed by atoms with E-state index < -0.39 is 0 Å². The van der Waals surface area contributed by atoms with Gasteiger partial charge in [-0.15, -0.1) is 23.7 Å². The second-order valence-electron chi connectivity index (χ2n) is 9.23. The van der Waals surface area contributed by atoms with Crippen molar-refractivity contribution >= 4 is 67.2 Å². The van der Waals surface area contributed by atoms with Crippen LogP contribution in [0.2, 0.25) is 0 Å². The number of rotatable bonds is 7. The maximum absolute atomic E-state index is 14.4. The van der Waals surface area contributed by atoms with Crippen LogP contribution in [-0.4, -0.2) is 60.2 Å². The van der Waals surface area contributed by atoms with Crippen LogP contribution >= 0.6 is 35.1 Å². The molecule has 0 radical (unpaired) electrons. The summed E-state index contributed by atoms with van der Waals surface area (Å²) in [4.78, 5) is 29.5. The minimum Gasteiger partial charge on any atom is -0.379 e. The van der Waals surface area contributed by atoms with Gasteiger partial charge >= 0.3 is 0 Å². The number of hydrogen-bond acceptors (Lipinski definition) is 7. The fourth-order valence-electron chi connectivity index (χ4n) is 4.80. The van der Waals surface area contributed by atoms with Crippen LogP contribution in [0.4, 0.5) is 5.13 Å². The molecule has 38 heavy (non-hydrogen) atoms. The van der Waals surface area contributed by atoms with Crippen molar-refractivity contribution in [1.82, 2.24) is 14.9 Å². The Bertz CT molecular complexity index is 1550. The number of thiazole rings is 1. The largest absolute Gasteiger partial charge is 0.379 e. The van der Waals surface area contributed by atoms with Crippen molar-refractivity contribution in [1.29, 1.82) is 0 Å². The molecule has 9 heteroatoms. The first-order chi connectivity index (χ1) is 18.2. The molecule has 1 amide bonds. The zero-order valence-corrected chi connectivity index (χ0v) is 23.6. The lowest BCUT2D eigenvalue weighted by molar-refractivity contribution is 0.0376. The van der Waals surface area contributed by atoms with Gasteiger partial charge in [-0.25, -0.2) is 9.97 Å². The van der Waals surface area contributed by atoms with E-state index in [1.165, 1.54) is 0 Å². The lowest BCUT2D eigenvalue weighted by Gasteiger charge is -2.28. The molecule has 0 unspecified atom stereocenters. The van der Waals surface area contributed by atoms with Gasteiger partial charge in [0, 0.05) is 31.6 Å². The Morgan fingerprint density at radius 3 is 2.68 bits per heavy atom. The molecular weight excluding hydrogens is 536 g/mol. The third-order valence-corrected chi connectivity index (χ3v) is 8.70. The molecule has 0 aliphatic carbocycles. The second kappa shape index (κ2) is 11.9. The van der Waals surface area contributed by atoms with Gasteiger partial charge in [-0.1, -0.05) is 47.7 Å². The molecular formula is C29H29ClN4O2S2. The van der Waals surface area contributed by atoms with Gasteiger partial charge in [-0.05, 0) is 48.6 Å². The Kier molecular flexibility index (Phi) is 8.35. The number of carbonyl (C=O) groups is 1. The summed E-state index contributed by atoms with van der Waals surface area (Å²) in [6.07, 6.45) is 0.863. The monoisotopic (exact) mass is 564 g/mol. The zero-order valence-electron chi connectivity index (χ0n) is 21.1. The highest BCUT2D eigenvalue weighted by atomic mass is 35.5. The number of amides is 1. The molecule has 1 saturated heterocycles. The van der Waals surface area contributed by atoms with Gasteiger partial charge in [0.15, 0.2) is 5.13 Å². The highest BCUT2D eigenvalue weighted by molar-refractivity contribution is 7.22. The molecule has 6 nitrogen and oxygen atoms in total. The molecule has 3 aromatic heterocycles. The van der Waals surface area contributed by atoms with Gasteiger partial charge in [0.05, 0.1) is 45.1 Å². The molecule has 4 heterocycles. The minimum atomic E-state index is -0.0323. The lowest BCUT2D eigenvalue weighted by Crippen LogP contribution is -2.39. The first-order valence-electron chi connectivity index (χ1n) is 12.6. The smallest absolute Gasteiger partial charge is 0.260 e. The molecule has 6 rings (SSSR count). The van der Waals surface area contributed by atoms with E-state index in [0.29, 0.717) is 12.1 Å². The lowest BCUT2D eigenvalue weighted by atomic mass is 10.1. The average molecular weight is 565 g/mol. The minimum absolute atomic E-state index is 0. The topological polar surface area (TPSA) is 58.6 Å². The molecule has 0 N–H and O–H groups in total. The fraction of sp³-hybridized carbons (Fsp3) is 0.276. The Hall–Kier alpha value is -2.88. The number of halogens is 1. The average Bonchev–Trinajstić information content (AvgIpc) is 3.62. The third-order valence-electron chi connectivity index (χ3n) is 6.77. The van der Waals surface area contributed by atoms with E-state index in [2.05, 4.69) is 24.0 Å². The highest BCUT2D eigenvalue weighted by Crippen LogP contribution is 2.34. The number of aromatic nitrogens is 2. The summed E-state index contributed by atoms with van der Waals surface area (Å²) >= 11 is 3.21. The van der Waals surface area contributed by atoms with E-state index in [9.17, 15) is 4.79 Å². The van der Waals surface area contributed by atoms with Crippen LogP contribution in [-0.2, 0) is 4.74 Å². The normalized spacial score (nSPS) is 14.0. The van der Waals surface area contributed by atoms with Gasteiger partial charge < -0.3 is 4.74 Å². The van der Waals surface area contributed by atoms with Gasteiger partial charge in [-0.2, -0.15) is 0 Å². The number of pyridine rings is 1. The number of ether oxygens (including phenoxy) is 1. The predicted octanol–water partition coefficient (Wildman–Crippen LogP) is 6.67. The van der Waals surface area contributed by atoms with Crippen LogP contribution in [0, 0.1) is 6.92 Å². The molecule has 1 fully saturated rings. The first kappa shape index (κ1) is 26.7. The van der Waals surface area contributed by atoms with Crippen LogP contribution in [0.1, 0.15) is 22.3 Å². The molecule has 0 bridgehead atoms. The van der Waals surface area contributed by atoms with Gasteiger partial charge in [0.25, 0.3) is 5.91 Å². The molecule has 5 aromatic rings. The predicted molar refractivity (Wildman–Crippen MR) is 160 cm³/mol. The van der Waals surface area contributed by atoms with E-state index in [-0.39, 0.29) is 18.3 Å². The fourth-order valence-corrected chi connectivity index (χ4v) is 6.55. The number of thiophene rings is 1. The summed E-state index contributed by atoms with van der Waals surface area (Å²) in [5.41, 5.74) is 4.40. The first-order valence-corrected chi connectivity index (χ1v) is 14.3. The summed E-state index contributed by atoms with van der Waals surface area (Å²) in [5, 5.41) is 3.65. The standard InChI is InChI=1S/C29H28N4O2S2.ClH/c1-20-7-4-10-26-27(20)31-29(37-26)33(13-6-12-32-14-16-35-17-15-32)28(34)22-19-24(25-11-5-18-36-25)30-23-9-3-2-8-21(22)23;/h2-5,7-11,18-19H,6,12-17H2,1H3;1H. The van der Waals surface area contributed by atoms with E-state index in [1.54, 1.807) is 22.7 Å². The Morgan fingerprint density at radius 2 is 1.89 bits per heavy atom. The number of carbonyl (C=O) groups excluding carboxylic acids is 1. The Labute approximate surface area is 236 Å². The van der Waals surface area contributed by atoms with Crippen LogP contribution in [0.25, 0.3) is 31.7 Å². The van der Waals surface area contributed by atoms with Gasteiger partial charge in [-0.3, -0.25) is 14.6 Å². The number of hydrogen-bond donors (Lipinski definition) is 0. The van der Waals surface area contributed by atoms with Crippen molar-refractivity contribution in [3.63, 3.8) is 0 Å². The number of para-hydroxylation sites is 2. The number of benzene rings is 2. The van der Waals surface area contributed by atoms with E-state index >= 15 is 0 Å². The summed E-state index contributed by atoms with van der Waals surface area (Å²) in [6.45, 7) is 7.01. The molecule has 2 aromatic carbocycles. The van der Waals surface area contributed by atoms with E-state index in [4.69, 9.17) is 14.7 Å². The summed E-state index contributed by atoms with van der Waals surface area (Å²) < 4.78 is 6.60. The van der Waals surface area contributed by atoms with Gasteiger partial charge in [0.1, 0.15) is 0 Å². The zero-order chi connectivity index (χ0) is 25.2. The summed E-state index contributed by atoms with van der Waals surface area (Å²) in [7, 11) is 0. The Balaban J connectivity index is 0.00000294.